The molecule has 0 aromatic rings. The summed E-state index contributed by atoms with van der Waals surface area (Å²) < 4.78 is 5.35. The van der Waals surface area contributed by atoms with Gasteiger partial charge in [0.25, 0.3) is 0 Å². The first-order valence-corrected chi connectivity index (χ1v) is 18.4. The molecule has 0 aliphatic carbocycles. The summed E-state index contributed by atoms with van der Waals surface area (Å²) in [7, 11) is 0. The Morgan fingerprint density at radius 1 is 0.660 bits per heavy atom. The maximum atomic E-state index is 13.8. The van der Waals surface area contributed by atoms with Crippen LogP contribution in [-0.4, -0.2) is 87.4 Å². The number of carboxylic acids is 2. The molecular formula is C39H66N4O10. The summed E-state index contributed by atoms with van der Waals surface area (Å²) in [5.41, 5.74) is 2.62. The van der Waals surface area contributed by atoms with E-state index in [1.165, 1.54) is 11.1 Å². The number of rotatable bonds is 23. The molecular weight excluding hydrogens is 684 g/mol. The molecule has 0 aromatic heterocycles. The zero-order chi connectivity index (χ0) is 41.1. The molecule has 0 saturated heterocycles. The minimum absolute atomic E-state index is 0.0927. The molecule has 0 radical (unpaired) electrons. The standard InChI is InChI=1S/C39H66N4O10/c1-23(2)14-12-15-26(7)16-13-17-27(8)18-19-28(36(48)49)21-30(42-38(52)53-39(9,10)11)34(46)43-32(25(5)6)35(47)40-29(20-24(3)4)33(45)41-31(22-44)37(50)51/h14,16,18,24-25,28-32,44H,12-13,15,17,19-22H2,1-11H3,(H,40,47)(H,41,45)(H,42,52)(H,43,46)(H,48,49)(H,50,51)/b26-16+,27-18+/t28?,29-,30-,31-,32-/m0/s1. The summed E-state index contributed by atoms with van der Waals surface area (Å²) in [5, 5.41) is 38.6. The lowest BCUT2D eigenvalue weighted by molar-refractivity contribution is -0.144. The molecule has 4 amide bonds. The molecule has 0 aliphatic rings. The van der Waals surface area contributed by atoms with Gasteiger partial charge in [-0.05, 0) is 105 Å². The van der Waals surface area contributed by atoms with Gasteiger partial charge in [-0.15, -0.1) is 0 Å². The number of nitrogens with one attached hydrogen (secondary N) is 4. The summed E-state index contributed by atoms with van der Waals surface area (Å²) in [5.74, 6) is -6.75. The zero-order valence-electron chi connectivity index (χ0n) is 33.6. The second-order valence-corrected chi connectivity index (χ2v) is 15.7. The van der Waals surface area contributed by atoms with Crippen molar-refractivity contribution in [3.63, 3.8) is 0 Å². The van der Waals surface area contributed by atoms with Crippen LogP contribution in [0.1, 0.15) is 121 Å². The number of allylic oxidation sites excluding steroid dienone is 6. The lowest BCUT2D eigenvalue weighted by Crippen LogP contribution is -2.59. The van der Waals surface area contributed by atoms with E-state index in [0.717, 1.165) is 31.3 Å². The molecule has 0 aromatic carbocycles. The highest BCUT2D eigenvalue weighted by atomic mass is 16.6. The van der Waals surface area contributed by atoms with Crippen molar-refractivity contribution in [2.24, 2.45) is 17.8 Å². The van der Waals surface area contributed by atoms with E-state index in [9.17, 15) is 44.1 Å². The van der Waals surface area contributed by atoms with Crippen molar-refractivity contribution in [1.82, 2.24) is 21.3 Å². The topological polar surface area (TPSA) is 220 Å². The zero-order valence-corrected chi connectivity index (χ0v) is 33.6. The molecule has 0 aliphatic heterocycles. The highest BCUT2D eigenvalue weighted by Crippen LogP contribution is 2.19. The van der Waals surface area contributed by atoms with Gasteiger partial charge in [0.2, 0.25) is 17.7 Å². The summed E-state index contributed by atoms with van der Waals surface area (Å²) >= 11 is 0. The maximum absolute atomic E-state index is 13.8. The molecule has 1 unspecified atom stereocenters. The molecule has 14 nitrogen and oxygen atoms in total. The van der Waals surface area contributed by atoms with E-state index in [-0.39, 0.29) is 25.2 Å². The predicted octanol–water partition coefficient (Wildman–Crippen LogP) is 5.01. The first kappa shape index (κ1) is 48.8. The average molecular weight is 751 g/mol. The smallest absolute Gasteiger partial charge is 0.408 e. The number of carboxylic acid groups (broad SMARTS) is 2. The fraction of sp³-hybridized carbons (Fsp3) is 0.692. The van der Waals surface area contributed by atoms with Crippen LogP contribution in [0.2, 0.25) is 0 Å². The van der Waals surface area contributed by atoms with Crippen LogP contribution in [-0.2, 0) is 28.7 Å². The molecule has 14 heteroatoms. The number of hydrogen-bond donors (Lipinski definition) is 7. The molecule has 302 valence electrons. The number of carbonyl (C=O) groups excluding carboxylic acids is 4. The van der Waals surface area contributed by atoms with Crippen molar-refractivity contribution in [3.8, 4) is 0 Å². The van der Waals surface area contributed by atoms with Gasteiger partial charge in [-0.3, -0.25) is 19.2 Å². The number of ether oxygens (including phenoxy) is 1. The van der Waals surface area contributed by atoms with Crippen LogP contribution >= 0.6 is 0 Å². The quantitative estimate of drug-likeness (QED) is 0.0692. The van der Waals surface area contributed by atoms with Gasteiger partial charge < -0.3 is 41.3 Å². The largest absolute Gasteiger partial charge is 0.481 e. The first-order valence-electron chi connectivity index (χ1n) is 18.4. The second-order valence-electron chi connectivity index (χ2n) is 15.7. The van der Waals surface area contributed by atoms with E-state index in [0.29, 0.717) is 0 Å². The Hall–Kier alpha value is -4.20. The van der Waals surface area contributed by atoms with Crippen molar-refractivity contribution in [2.45, 2.75) is 151 Å². The Labute approximate surface area is 315 Å². The van der Waals surface area contributed by atoms with Crippen LogP contribution < -0.4 is 21.3 Å². The summed E-state index contributed by atoms with van der Waals surface area (Å²) in [4.78, 5) is 76.9. The van der Waals surface area contributed by atoms with Gasteiger partial charge in [0.1, 0.15) is 29.8 Å². The number of alkyl carbamates (subject to hydrolysis) is 1. The molecule has 0 rings (SSSR count). The Morgan fingerprint density at radius 2 is 1.17 bits per heavy atom. The van der Waals surface area contributed by atoms with Gasteiger partial charge in [-0.1, -0.05) is 62.6 Å². The molecule has 0 saturated carbocycles. The Morgan fingerprint density at radius 3 is 1.64 bits per heavy atom. The Kier molecular flexibility index (Phi) is 22.3. The third kappa shape index (κ3) is 21.8. The summed E-state index contributed by atoms with van der Waals surface area (Å²) in [6.45, 7) is 19.1. The highest BCUT2D eigenvalue weighted by Gasteiger charge is 2.35. The minimum atomic E-state index is -1.58. The second kappa shape index (κ2) is 24.2. The SMILES string of the molecule is CC(C)=CCC/C(C)=C/CC/C(C)=C/CC(C[C@H](NC(=O)OC(C)(C)C)C(=O)N[C@H](C(=O)N[C@@H](CC(C)C)C(=O)N[C@@H](CO)C(=O)O)C(C)C)C(=O)O. The number of amides is 4. The van der Waals surface area contributed by atoms with E-state index >= 15 is 0 Å². The monoisotopic (exact) mass is 750 g/mol. The Balaban J connectivity index is 6.13. The fourth-order valence-corrected chi connectivity index (χ4v) is 5.16. The van der Waals surface area contributed by atoms with E-state index < -0.39 is 84.0 Å². The van der Waals surface area contributed by atoms with Crippen molar-refractivity contribution in [1.29, 1.82) is 0 Å². The molecule has 0 heterocycles. The van der Waals surface area contributed by atoms with Gasteiger partial charge in [0.05, 0.1) is 12.5 Å². The summed E-state index contributed by atoms with van der Waals surface area (Å²) in [6, 6.07) is -5.42. The van der Waals surface area contributed by atoms with E-state index in [1.54, 1.807) is 48.5 Å². The number of carbonyl (C=O) groups is 6. The van der Waals surface area contributed by atoms with Crippen molar-refractivity contribution in [2.75, 3.05) is 6.61 Å². The van der Waals surface area contributed by atoms with Gasteiger partial charge in [-0.2, -0.15) is 0 Å². The van der Waals surface area contributed by atoms with Gasteiger partial charge in [0, 0.05) is 0 Å². The third-order valence-electron chi connectivity index (χ3n) is 8.13. The average Bonchev–Trinajstić information content (AvgIpc) is 3.01. The number of hydrogen-bond acceptors (Lipinski definition) is 8. The van der Waals surface area contributed by atoms with Crippen molar-refractivity contribution < 1.29 is 48.8 Å². The Bertz CT molecular complexity index is 1330. The predicted molar refractivity (Wildman–Crippen MR) is 204 cm³/mol. The molecule has 53 heavy (non-hydrogen) atoms. The van der Waals surface area contributed by atoms with Gasteiger partial charge in [-0.25, -0.2) is 9.59 Å². The number of aliphatic hydroxyl groups excluding tert-OH is 1. The summed E-state index contributed by atoms with van der Waals surface area (Å²) in [6.07, 6.45) is 8.62. The normalized spacial score (nSPS) is 15.1. The fourth-order valence-electron chi connectivity index (χ4n) is 5.16. The van der Waals surface area contributed by atoms with Crippen molar-refractivity contribution in [3.05, 3.63) is 34.9 Å². The van der Waals surface area contributed by atoms with Crippen molar-refractivity contribution >= 4 is 35.8 Å². The van der Waals surface area contributed by atoms with Crippen LogP contribution in [0, 0.1) is 17.8 Å². The van der Waals surface area contributed by atoms with Gasteiger partial charge in [0.15, 0.2) is 0 Å². The molecule has 0 bridgehead atoms. The van der Waals surface area contributed by atoms with E-state index in [2.05, 4.69) is 54.2 Å². The van der Waals surface area contributed by atoms with E-state index in [1.807, 2.05) is 13.0 Å². The van der Waals surface area contributed by atoms with E-state index in [4.69, 9.17) is 4.74 Å². The third-order valence-corrected chi connectivity index (χ3v) is 8.13. The van der Waals surface area contributed by atoms with Crippen LogP contribution in [0.5, 0.6) is 0 Å². The van der Waals surface area contributed by atoms with Crippen LogP contribution in [0.3, 0.4) is 0 Å². The van der Waals surface area contributed by atoms with Crippen LogP contribution in [0.25, 0.3) is 0 Å². The lowest BCUT2D eigenvalue weighted by atomic mass is 9.93. The molecule has 0 fully saturated rings. The minimum Gasteiger partial charge on any atom is -0.481 e. The first-order chi connectivity index (χ1) is 24.5. The molecule has 7 N–H and O–H groups in total. The van der Waals surface area contributed by atoms with Gasteiger partial charge >= 0.3 is 18.0 Å². The maximum Gasteiger partial charge on any atom is 0.408 e. The lowest BCUT2D eigenvalue weighted by Gasteiger charge is -2.29. The molecule has 0 spiro atoms. The number of aliphatic hydroxyl groups is 1. The molecule has 5 atom stereocenters. The van der Waals surface area contributed by atoms with Crippen LogP contribution in [0.4, 0.5) is 4.79 Å². The van der Waals surface area contributed by atoms with Crippen LogP contribution in [0.15, 0.2) is 34.9 Å². The highest BCUT2D eigenvalue weighted by molar-refractivity contribution is 5.95. The number of aliphatic carboxylic acids is 2.